The predicted octanol–water partition coefficient (Wildman–Crippen LogP) is 3.76. The van der Waals surface area contributed by atoms with Gasteiger partial charge in [-0.1, -0.05) is 13.8 Å². The van der Waals surface area contributed by atoms with Gasteiger partial charge < -0.3 is 10.6 Å². The number of rotatable bonds is 7. The van der Waals surface area contributed by atoms with Gasteiger partial charge in [-0.2, -0.15) is 0 Å². The fraction of sp³-hybridized carbons (Fsp3) is 0.733. The van der Waals surface area contributed by atoms with E-state index in [1.807, 2.05) is 6.92 Å². The van der Waals surface area contributed by atoms with Crippen LogP contribution in [0.25, 0.3) is 0 Å². The topological polar surface area (TPSA) is 49.8 Å². The number of hydrogen-bond acceptors (Lipinski definition) is 4. The van der Waals surface area contributed by atoms with Crippen molar-refractivity contribution in [3.8, 4) is 0 Å². The van der Waals surface area contributed by atoms with Crippen LogP contribution < -0.4 is 10.6 Å². The highest BCUT2D eigenvalue weighted by molar-refractivity contribution is 5.57. The Kier molecular flexibility index (Phi) is 6.06. The van der Waals surface area contributed by atoms with E-state index in [1.165, 1.54) is 6.42 Å². The third-order valence-corrected chi connectivity index (χ3v) is 3.16. The second-order valence-electron chi connectivity index (χ2n) is 5.64. The first kappa shape index (κ1) is 15.7. The monoisotopic (exact) mass is 264 g/mol. The van der Waals surface area contributed by atoms with Crippen molar-refractivity contribution in [1.29, 1.82) is 0 Å². The van der Waals surface area contributed by atoms with Crippen molar-refractivity contribution < 1.29 is 0 Å². The number of aromatic nitrogens is 2. The molecule has 0 fully saturated rings. The van der Waals surface area contributed by atoms with Crippen molar-refractivity contribution in [2.45, 2.75) is 60.4 Å². The first-order valence-electron chi connectivity index (χ1n) is 7.29. The highest BCUT2D eigenvalue weighted by Gasteiger charge is 2.11. The van der Waals surface area contributed by atoms with Gasteiger partial charge >= 0.3 is 0 Å². The van der Waals surface area contributed by atoms with Gasteiger partial charge in [0.05, 0.1) is 0 Å². The summed E-state index contributed by atoms with van der Waals surface area (Å²) in [6, 6.07) is 0.435. The van der Waals surface area contributed by atoms with Crippen molar-refractivity contribution in [1.82, 2.24) is 9.97 Å². The molecule has 0 bridgehead atoms. The van der Waals surface area contributed by atoms with Crippen LogP contribution in [-0.2, 0) is 0 Å². The molecule has 0 saturated heterocycles. The molecule has 0 aliphatic carbocycles. The van der Waals surface area contributed by atoms with Gasteiger partial charge in [-0.15, -0.1) is 0 Å². The molecule has 0 spiro atoms. The molecule has 0 amide bonds. The average molecular weight is 264 g/mol. The average Bonchev–Trinajstić information content (AvgIpc) is 2.33. The number of anilines is 2. The summed E-state index contributed by atoms with van der Waals surface area (Å²) in [6.07, 6.45) is 2.40. The molecule has 4 heteroatoms. The Morgan fingerprint density at radius 3 is 2.21 bits per heavy atom. The lowest BCUT2D eigenvalue weighted by molar-refractivity contribution is 0.527. The van der Waals surface area contributed by atoms with Crippen LogP contribution in [0, 0.1) is 19.8 Å². The number of hydrogen-bond donors (Lipinski definition) is 2. The van der Waals surface area contributed by atoms with Crippen LogP contribution in [0.1, 0.15) is 51.9 Å². The molecule has 1 aromatic heterocycles. The first-order valence-corrected chi connectivity index (χ1v) is 7.29. The van der Waals surface area contributed by atoms with Gasteiger partial charge in [0, 0.05) is 18.2 Å². The Bertz CT molecular complexity index is 401. The lowest BCUT2D eigenvalue weighted by Crippen LogP contribution is -2.19. The number of aryl methyl sites for hydroxylation is 1. The van der Waals surface area contributed by atoms with E-state index in [9.17, 15) is 0 Å². The molecule has 0 saturated carbocycles. The van der Waals surface area contributed by atoms with Crippen LogP contribution in [0.4, 0.5) is 11.6 Å². The van der Waals surface area contributed by atoms with E-state index in [2.05, 4.69) is 55.2 Å². The van der Waals surface area contributed by atoms with Crippen molar-refractivity contribution in [2.24, 2.45) is 5.92 Å². The molecule has 19 heavy (non-hydrogen) atoms. The molecular formula is C15H28N4. The molecule has 1 aromatic rings. The Balaban J connectivity index is 2.76. The summed E-state index contributed by atoms with van der Waals surface area (Å²) < 4.78 is 0. The minimum Gasteiger partial charge on any atom is -0.370 e. The van der Waals surface area contributed by atoms with Gasteiger partial charge in [0.2, 0.25) is 0 Å². The quantitative estimate of drug-likeness (QED) is 0.787. The van der Waals surface area contributed by atoms with Gasteiger partial charge in [-0.25, -0.2) is 9.97 Å². The molecule has 4 nitrogen and oxygen atoms in total. The van der Waals surface area contributed by atoms with E-state index in [0.29, 0.717) is 6.04 Å². The summed E-state index contributed by atoms with van der Waals surface area (Å²) in [6.45, 7) is 13.7. The summed E-state index contributed by atoms with van der Waals surface area (Å²) >= 11 is 0. The molecule has 0 aliphatic heterocycles. The maximum absolute atomic E-state index is 4.52. The Labute approximate surface area is 117 Å². The summed E-state index contributed by atoms with van der Waals surface area (Å²) in [7, 11) is 0. The molecule has 0 aromatic carbocycles. The van der Waals surface area contributed by atoms with Crippen molar-refractivity contribution in [2.75, 3.05) is 17.2 Å². The zero-order valence-corrected chi connectivity index (χ0v) is 13.2. The molecule has 108 valence electrons. The summed E-state index contributed by atoms with van der Waals surface area (Å²) in [5.41, 5.74) is 1.10. The molecule has 2 N–H and O–H groups in total. The molecule has 1 unspecified atom stereocenters. The summed E-state index contributed by atoms with van der Waals surface area (Å²) in [4.78, 5) is 8.96. The Morgan fingerprint density at radius 2 is 1.63 bits per heavy atom. The second kappa shape index (κ2) is 7.31. The Morgan fingerprint density at radius 1 is 1.00 bits per heavy atom. The molecular weight excluding hydrogens is 236 g/mol. The maximum atomic E-state index is 4.52. The van der Waals surface area contributed by atoms with E-state index >= 15 is 0 Å². The molecule has 1 heterocycles. The molecule has 1 atom stereocenters. The van der Waals surface area contributed by atoms with E-state index in [1.54, 1.807) is 0 Å². The lowest BCUT2D eigenvalue weighted by atomic mass is 10.0. The fourth-order valence-corrected chi connectivity index (χ4v) is 2.00. The van der Waals surface area contributed by atoms with Crippen molar-refractivity contribution in [3.05, 3.63) is 11.4 Å². The second-order valence-corrected chi connectivity index (χ2v) is 5.64. The zero-order valence-electron chi connectivity index (χ0n) is 13.2. The SMILES string of the molecule is CCNc1nc(C)nc(NC(C)CCC(C)C)c1C. The van der Waals surface area contributed by atoms with Crippen molar-refractivity contribution >= 4 is 11.6 Å². The molecule has 0 aliphatic rings. The zero-order chi connectivity index (χ0) is 14.4. The van der Waals surface area contributed by atoms with Crippen LogP contribution in [0.2, 0.25) is 0 Å². The predicted molar refractivity (Wildman–Crippen MR) is 82.8 cm³/mol. The lowest BCUT2D eigenvalue weighted by Gasteiger charge is -2.19. The summed E-state index contributed by atoms with van der Waals surface area (Å²) in [5, 5.41) is 6.80. The van der Waals surface area contributed by atoms with Gasteiger partial charge in [-0.3, -0.25) is 0 Å². The Hall–Kier alpha value is -1.32. The van der Waals surface area contributed by atoms with Crippen LogP contribution in [0.3, 0.4) is 0 Å². The van der Waals surface area contributed by atoms with E-state index in [0.717, 1.165) is 41.9 Å². The van der Waals surface area contributed by atoms with Crippen LogP contribution in [0.5, 0.6) is 0 Å². The minimum atomic E-state index is 0.435. The van der Waals surface area contributed by atoms with E-state index in [-0.39, 0.29) is 0 Å². The normalized spacial score (nSPS) is 12.6. The highest BCUT2D eigenvalue weighted by atomic mass is 15.1. The molecule has 0 radical (unpaired) electrons. The van der Waals surface area contributed by atoms with Gasteiger partial charge in [0.1, 0.15) is 17.5 Å². The first-order chi connectivity index (χ1) is 8.93. The van der Waals surface area contributed by atoms with Gasteiger partial charge in [0.15, 0.2) is 0 Å². The van der Waals surface area contributed by atoms with Gasteiger partial charge in [-0.05, 0) is 46.5 Å². The smallest absolute Gasteiger partial charge is 0.134 e. The maximum Gasteiger partial charge on any atom is 0.134 e. The third-order valence-electron chi connectivity index (χ3n) is 3.16. The highest BCUT2D eigenvalue weighted by Crippen LogP contribution is 2.21. The number of nitrogens with zero attached hydrogens (tertiary/aromatic N) is 2. The third kappa shape index (κ3) is 5.05. The van der Waals surface area contributed by atoms with E-state index < -0.39 is 0 Å². The van der Waals surface area contributed by atoms with Crippen LogP contribution in [-0.4, -0.2) is 22.6 Å². The van der Waals surface area contributed by atoms with E-state index in [4.69, 9.17) is 0 Å². The summed E-state index contributed by atoms with van der Waals surface area (Å²) in [5.74, 6) is 3.45. The minimum absolute atomic E-state index is 0.435. The standard InChI is InChI=1S/C15H28N4/c1-7-16-14-12(5)15(19-13(6)18-14)17-11(4)9-8-10(2)3/h10-11H,7-9H2,1-6H3,(H2,16,17,18,19). The van der Waals surface area contributed by atoms with Crippen LogP contribution in [0.15, 0.2) is 0 Å². The van der Waals surface area contributed by atoms with Crippen LogP contribution >= 0.6 is 0 Å². The van der Waals surface area contributed by atoms with Crippen molar-refractivity contribution in [3.63, 3.8) is 0 Å². The largest absolute Gasteiger partial charge is 0.370 e. The number of nitrogens with one attached hydrogen (secondary N) is 2. The molecule has 1 rings (SSSR count). The van der Waals surface area contributed by atoms with Gasteiger partial charge in [0.25, 0.3) is 0 Å². The fourth-order valence-electron chi connectivity index (χ4n) is 2.00.